The smallest absolute Gasteiger partial charge is 0.367 e. The summed E-state index contributed by atoms with van der Waals surface area (Å²) in [5.74, 6) is -2.79. The number of carbonyl (C=O) groups excluding carboxylic acids is 2. The average Bonchev–Trinajstić information content (AvgIpc) is 3.10. The molecular weight excluding hydrogens is 369 g/mol. The second kappa shape index (κ2) is 5.06. The summed E-state index contributed by atoms with van der Waals surface area (Å²) in [6, 6.07) is 2.15. The van der Waals surface area contributed by atoms with Gasteiger partial charge in [-0.05, 0) is 38.8 Å². The van der Waals surface area contributed by atoms with Gasteiger partial charge in [-0.1, -0.05) is 0 Å². The number of halogens is 3. The predicted octanol–water partition coefficient (Wildman–Crippen LogP) is 3.06. The summed E-state index contributed by atoms with van der Waals surface area (Å²) in [6.45, 7) is 3.46. The molecule has 3 unspecified atom stereocenters. The largest absolute Gasteiger partial charge is 0.423 e. The van der Waals surface area contributed by atoms with E-state index in [1.165, 1.54) is 0 Å². The number of benzene rings is 1. The quantitative estimate of drug-likeness (QED) is 0.444. The molecule has 144 valence electrons. The van der Waals surface area contributed by atoms with Crippen LogP contribution in [-0.4, -0.2) is 27.9 Å². The third-order valence-electron chi connectivity index (χ3n) is 5.95. The topological polar surface area (TPSA) is 89.8 Å². The SMILES string of the molecule is CC12CCC(C)(O1)[C@H]1C(=O)N(c3ccc([N+](=O)[O-])c(C(F)(F)F)c3)C(=O)C12. The molecule has 7 nitrogen and oxygen atoms in total. The number of fused-ring (bicyclic) bond motifs is 5. The van der Waals surface area contributed by atoms with E-state index in [0.29, 0.717) is 25.0 Å². The predicted molar refractivity (Wildman–Crippen MR) is 84.7 cm³/mol. The summed E-state index contributed by atoms with van der Waals surface area (Å²) in [7, 11) is 0. The van der Waals surface area contributed by atoms with Crippen LogP contribution in [0.2, 0.25) is 0 Å². The molecule has 0 aromatic heterocycles. The van der Waals surface area contributed by atoms with Gasteiger partial charge in [-0.3, -0.25) is 19.7 Å². The summed E-state index contributed by atoms with van der Waals surface area (Å²) >= 11 is 0. The fourth-order valence-electron chi connectivity index (χ4n) is 4.77. The van der Waals surface area contributed by atoms with Gasteiger partial charge >= 0.3 is 6.18 Å². The molecule has 0 saturated carbocycles. The Kier molecular flexibility index (Phi) is 3.36. The standard InChI is InChI=1S/C17H15F3N2O5/c1-15-5-6-16(2,27-15)12-11(15)13(23)21(14(12)24)8-3-4-10(22(25)26)9(7-8)17(18,19)20/h3-4,7,11-12H,5-6H2,1-2H3/t11-,12?,15?,16?/m1/s1. The molecule has 4 rings (SSSR count). The van der Waals surface area contributed by atoms with Crippen molar-refractivity contribution in [2.45, 2.75) is 44.1 Å². The molecule has 2 bridgehead atoms. The van der Waals surface area contributed by atoms with E-state index in [0.717, 1.165) is 11.0 Å². The molecule has 3 fully saturated rings. The first-order valence-corrected chi connectivity index (χ1v) is 8.33. The van der Waals surface area contributed by atoms with Gasteiger partial charge in [0.05, 0.1) is 33.6 Å². The van der Waals surface area contributed by atoms with Crippen molar-refractivity contribution in [1.82, 2.24) is 0 Å². The second-order valence-corrected chi connectivity index (χ2v) is 7.65. The van der Waals surface area contributed by atoms with Crippen molar-refractivity contribution >= 4 is 23.2 Å². The number of rotatable bonds is 2. The number of hydrogen-bond donors (Lipinski definition) is 0. The maximum atomic E-state index is 13.2. The van der Waals surface area contributed by atoms with Crippen LogP contribution in [0.5, 0.6) is 0 Å². The van der Waals surface area contributed by atoms with Gasteiger partial charge in [-0.2, -0.15) is 13.2 Å². The number of alkyl halides is 3. The highest BCUT2D eigenvalue weighted by atomic mass is 19.4. The van der Waals surface area contributed by atoms with Gasteiger partial charge in [-0.25, -0.2) is 4.90 Å². The highest BCUT2D eigenvalue weighted by Crippen LogP contribution is 2.61. The summed E-state index contributed by atoms with van der Waals surface area (Å²) < 4.78 is 45.7. The average molecular weight is 384 g/mol. The zero-order valence-corrected chi connectivity index (χ0v) is 14.4. The molecule has 0 aliphatic carbocycles. The maximum absolute atomic E-state index is 13.2. The Morgan fingerprint density at radius 2 is 1.67 bits per heavy atom. The number of nitro benzene ring substituents is 1. The van der Waals surface area contributed by atoms with E-state index < -0.39 is 57.2 Å². The van der Waals surface area contributed by atoms with Crippen LogP contribution < -0.4 is 4.90 Å². The van der Waals surface area contributed by atoms with Gasteiger partial charge in [-0.15, -0.1) is 0 Å². The van der Waals surface area contributed by atoms with E-state index in [1.807, 2.05) is 0 Å². The molecule has 10 heteroatoms. The fourth-order valence-corrected chi connectivity index (χ4v) is 4.77. The Morgan fingerprint density at radius 3 is 2.11 bits per heavy atom. The number of ether oxygens (including phenoxy) is 1. The number of nitrogens with zero attached hydrogens (tertiary/aromatic N) is 2. The lowest BCUT2D eigenvalue weighted by Crippen LogP contribution is -2.40. The molecule has 3 saturated heterocycles. The van der Waals surface area contributed by atoms with Gasteiger partial charge in [0.25, 0.3) is 5.69 Å². The summed E-state index contributed by atoms with van der Waals surface area (Å²) in [6.07, 6.45) is -3.85. The molecule has 0 radical (unpaired) electrons. The van der Waals surface area contributed by atoms with Crippen molar-refractivity contribution in [2.75, 3.05) is 4.90 Å². The zero-order valence-electron chi connectivity index (χ0n) is 14.4. The van der Waals surface area contributed by atoms with Gasteiger partial charge in [0.1, 0.15) is 5.56 Å². The lowest BCUT2D eigenvalue weighted by atomic mass is 9.69. The Hall–Kier alpha value is -2.49. The van der Waals surface area contributed by atoms with E-state index in [9.17, 15) is 32.9 Å². The number of anilines is 1. The molecular formula is C17H15F3N2O5. The molecule has 1 aromatic rings. The Bertz CT molecular complexity index is 867. The number of imide groups is 1. The molecule has 27 heavy (non-hydrogen) atoms. The molecule has 0 spiro atoms. The highest BCUT2D eigenvalue weighted by molar-refractivity contribution is 6.23. The van der Waals surface area contributed by atoms with Crippen LogP contribution in [-0.2, 0) is 20.5 Å². The van der Waals surface area contributed by atoms with Gasteiger partial charge < -0.3 is 4.74 Å². The molecule has 0 N–H and O–H groups in total. The summed E-state index contributed by atoms with van der Waals surface area (Å²) in [5, 5.41) is 10.9. The van der Waals surface area contributed by atoms with Crippen LogP contribution in [0.15, 0.2) is 18.2 Å². The first kappa shape index (κ1) is 17.9. The van der Waals surface area contributed by atoms with Crippen molar-refractivity contribution < 1.29 is 32.4 Å². The van der Waals surface area contributed by atoms with Gasteiger partial charge in [0.2, 0.25) is 11.8 Å². The number of amides is 2. The van der Waals surface area contributed by atoms with Crippen molar-refractivity contribution in [3.05, 3.63) is 33.9 Å². The summed E-state index contributed by atoms with van der Waals surface area (Å²) in [5.41, 5.74) is -4.63. The highest BCUT2D eigenvalue weighted by Gasteiger charge is 2.72. The van der Waals surface area contributed by atoms with Crippen LogP contribution in [0.4, 0.5) is 24.5 Å². The van der Waals surface area contributed by atoms with Crippen LogP contribution >= 0.6 is 0 Å². The molecule has 3 heterocycles. The minimum absolute atomic E-state index is 0.316. The third kappa shape index (κ3) is 2.25. The van der Waals surface area contributed by atoms with E-state index in [1.54, 1.807) is 13.8 Å². The van der Waals surface area contributed by atoms with Crippen LogP contribution in [0.1, 0.15) is 32.3 Å². The molecule has 1 aromatic carbocycles. The molecule has 3 aliphatic heterocycles. The normalized spacial score (nSPS) is 35.1. The number of hydrogen-bond acceptors (Lipinski definition) is 5. The molecule has 3 aliphatic rings. The Balaban J connectivity index is 1.81. The lowest BCUT2D eigenvalue weighted by Gasteiger charge is -2.27. The van der Waals surface area contributed by atoms with E-state index in [4.69, 9.17) is 4.74 Å². The Morgan fingerprint density at radius 1 is 1.15 bits per heavy atom. The van der Waals surface area contributed by atoms with Crippen molar-refractivity contribution in [3.63, 3.8) is 0 Å². The Labute approximate surface area is 151 Å². The minimum Gasteiger partial charge on any atom is -0.367 e. The maximum Gasteiger partial charge on any atom is 0.423 e. The van der Waals surface area contributed by atoms with Crippen molar-refractivity contribution in [1.29, 1.82) is 0 Å². The first-order valence-electron chi connectivity index (χ1n) is 8.33. The third-order valence-corrected chi connectivity index (χ3v) is 5.95. The first-order chi connectivity index (χ1) is 12.4. The number of carbonyl (C=O) groups is 2. The van der Waals surface area contributed by atoms with Crippen molar-refractivity contribution in [2.24, 2.45) is 11.8 Å². The molecule has 2 amide bonds. The van der Waals surface area contributed by atoms with E-state index in [-0.39, 0.29) is 5.69 Å². The number of nitro groups is 1. The van der Waals surface area contributed by atoms with Crippen LogP contribution in [0.25, 0.3) is 0 Å². The van der Waals surface area contributed by atoms with Crippen molar-refractivity contribution in [3.8, 4) is 0 Å². The zero-order chi connectivity index (χ0) is 19.9. The molecule has 4 atom stereocenters. The monoisotopic (exact) mass is 384 g/mol. The van der Waals surface area contributed by atoms with Crippen LogP contribution in [0.3, 0.4) is 0 Å². The lowest BCUT2D eigenvalue weighted by molar-refractivity contribution is -0.388. The second-order valence-electron chi connectivity index (χ2n) is 7.65. The van der Waals surface area contributed by atoms with Gasteiger partial charge in [0, 0.05) is 6.07 Å². The van der Waals surface area contributed by atoms with Gasteiger partial charge in [0.15, 0.2) is 0 Å². The fraction of sp³-hybridized carbons (Fsp3) is 0.529. The minimum atomic E-state index is -5.00. The van der Waals surface area contributed by atoms with E-state index in [2.05, 4.69) is 0 Å². The summed E-state index contributed by atoms with van der Waals surface area (Å²) in [4.78, 5) is 36.3. The van der Waals surface area contributed by atoms with E-state index >= 15 is 0 Å². The van der Waals surface area contributed by atoms with Crippen LogP contribution in [0, 0.1) is 22.0 Å².